The highest BCUT2D eigenvalue weighted by atomic mass is 16.5. The summed E-state index contributed by atoms with van der Waals surface area (Å²) in [4.78, 5) is 28.4. The van der Waals surface area contributed by atoms with Crippen molar-refractivity contribution in [3.63, 3.8) is 0 Å². The number of aryl methyl sites for hydroxylation is 1. The second-order valence-corrected chi connectivity index (χ2v) is 5.79. The van der Waals surface area contributed by atoms with Crippen molar-refractivity contribution in [2.75, 3.05) is 38.2 Å². The molecule has 0 radical (unpaired) electrons. The van der Waals surface area contributed by atoms with Crippen LogP contribution in [-0.2, 0) is 7.05 Å². The minimum Gasteiger partial charge on any atom is -0.495 e. The monoisotopic (exact) mass is 331 g/mol. The second-order valence-electron chi connectivity index (χ2n) is 5.79. The predicted molar refractivity (Wildman–Crippen MR) is 89.8 cm³/mol. The molecule has 0 spiro atoms. The van der Waals surface area contributed by atoms with E-state index in [1.165, 1.54) is 4.74 Å². The molecule has 0 unspecified atom stereocenters. The molecule has 1 amide bonds. The first kappa shape index (κ1) is 16.2. The summed E-state index contributed by atoms with van der Waals surface area (Å²) in [5.74, 6) is 0.554. The van der Waals surface area contributed by atoms with E-state index in [1.807, 2.05) is 24.3 Å². The number of para-hydroxylation sites is 2. The predicted octanol–water partition coefficient (Wildman–Crippen LogP) is 1.26. The molecule has 1 aliphatic rings. The highest BCUT2D eigenvalue weighted by molar-refractivity contribution is 5.95. The SMILES string of the molecule is COc1ccccc1N1CCN(C(=O)c2c(C)n(C)oc2=O)CC1. The number of hydrogen-bond acceptors (Lipinski definition) is 5. The maximum atomic E-state index is 12.6. The molecule has 0 bridgehead atoms. The van der Waals surface area contributed by atoms with Crippen LogP contribution in [0.5, 0.6) is 5.75 Å². The van der Waals surface area contributed by atoms with Crippen molar-refractivity contribution in [3.8, 4) is 5.75 Å². The van der Waals surface area contributed by atoms with E-state index in [4.69, 9.17) is 9.26 Å². The third-order valence-electron chi connectivity index (χ3n) is 4.46. The Bertz CT molecular complexity index is 800. The van der Waals surface area contributed by atoms with E-state index >= 15 is 0 Å². The van der Waals surface area contributed by atoms with Gasteiger partial charge in [-0.15, -0.1) is 0 Å². The zero-order valence-corrected chi connectivity index (χ0v) is 14.1. The Balaban J connectivity index is 1.73. The Morgan fingerprint density at radius 1 is 1.17 bits per heavy atom. The number of rotatable bonds is 3. The largest absolute Gasteiger partial charge is 0.495 e. The number of benzene rings is 1. The third-order valence-corrected chi connectivity index (χ3v) is 4.46. The van der Waals surface area contributed by atoms with E-state index in [0.29, 0.717) is 31.9 Å². The number of amides is 1. The fraction of sp³-hybridized carbons (Fsp3) is 0.412. The normalized spacial score (nSPS) is 14.8. The molecule has 7 heteroatoms. The van der Waals surface area contributed by atoms with E-state index in [1.54, 1.807) is 26.0 Å². The van der Waals surface area contributed by atoms with Crippen molar-refractivity contribution >= 4 is 11.6 Å². The topological polar surface area (TPSA) is 67.9 Å². The molecule has 2 aromatic rings. The van der Waals surface area contributed by atoms with Gasteiger partial charge in [-0.25, -0.2) is 9.53 Å². The minimum atomic E-state index is -0.577. The van der Waals surface area contributed by atoms with Crippen LogP contribution in [0.3, 0.4) is 0 Å². The van der Waals surface area contributed by atoms with Gasteiger partial charge in [0.15, 0.2) is 0 Å². The number of hydrogen-bond donors (Lipinski definition) is 0. The average molecular weight is 331 g/mol. The van der Waals surface area contributed by atoms with Crippen LogP contribution < -0.4 is 15.3 Å². The van der Waals surface area contributed by atoms with Crippen LogP contribution in [0.4, 0.5) is 5.69 Å². The van der Waals surface area contributed by atoms with Gasteiger partial charge in [-0.3, -0.25) is 4.79 Å². The van der Waals surface area contributed by atoms with Crippen LogP contribution >= 0.6 is 0 Å². The summed E-state index contributed by atoms with van der Waals surface area (Å²) in [6, 6.07) is 7.82. The van der Waals surface area contributed by atoms with E-state index in [0.717, 1.165) is 11.4 Å². The van der Waals surface area contributed by atoms with Crippen molar-refractivity contribution in [1.82, 2.24) is 9.64 Å². The maximum Gasteiger partial charge on any atom is 0.370 e. The molecule has 0 atom stereocenters. The Morgan fingerprint density at radius 3 is 2.42 bits per heavy atom. The molecule has 0 saturated carbocycles. The van der Waals surface area contributed by atoms with Gasteiger partial charge in [-0.2, -0.15) is 0 Å². The number of methoxy groups -OCH3 is 1. The molecule has 1 aromatic carbocycles. The first-order valence-electron chi connectivity index (χ1n) is 7.87. The summed E-state index contributed by atoms with van der Waals surface area (Å²) in [6.07, 6.45) is 0. The standard InChI is InChI=1S/C17H21N3O4/c1-12-15(17(22)24-18(12)2)16(21)20-10-8-19(9-11-20)13-6-4-5-7-14(13)23-3/h4-7H,8-11H2,1-3H3. The van der Waals surface area contributed by atoms with E-state index in [9.17, 15) is 9.59 Å². The lowest BCUT2D eigenvalue weighted by atomic mass is 10.2. The molecular formula is C17H21N3O4. The van der Waals surface area contributed by atoms with Gasteiger partial charge in [0.05, 0.1) is 18.5 Å². The first-order valence-corrected chi connectivity index (χ1v) is 7.87. The number of anilines is 1. The maximum absolute atomic E-state index is 12.6. The van der Waals surface area contributed by atoms with Gasteiger partial charge in [0, 0.05) is 33.2 Å². The number of piperazine rings is 1. The van der Waals surface area contributed by atoms with Gasteiger partial charge in [-0.05, 0) is 19.1 Å². The summed E-state index contributed by atoms with van der Waals surface area (Å²) >= 11 is 0. The van der Waals surface area contributed by atoms with E-state index < -0.39 is 5.63 Å². The summed E-state index contributed by atoms with van der Waals surface area (Å²) in [7, 11) is 3.27. The van der Waals surface area contributed by atoms with Gasteiger partial charge in [0.25, 0.3) is 5.91 Å². The molecule has 3 rings (SSSR count). The Hall–Kier alpha value is -2.70. The zero-order chi connectivity index (χ0) is 17.3. The van der Waals surface area contributed by atoms with Crippen molar-refractivity contribution < 1.29 is 14.1 Å². The van der Waals surface area contributed by atoms with Crippen LogP contribution in [0.25, 0.3) is 0 Å². The van der Waals surface area contributed by atoms with Crippen LogP contribution in [0.1, 0.15) is 16.1 Å². The molecule has 128 valence electrons. The van der Waals surface area contributed by atoms with Crippen molar-refractivity contribution in [2.45, 2.75) is 6.92 Å². The third kappa shape index (κ3) is 2.77. The summed E-state index contributed by atoms with van der Waals surface area (Å²) in [5.41, 5.74) is 1.12. The number of carbonyl (C=O) groups excluding carboxylic acids is 1. The molecular weight excluding hydrogens is 310 g/mol. The fourth-order valence-electron chi connectivity index (χ4n) is 2.99. The molecule has 0 N–H and O–H groups in total. The van der Waals surface area contributed by atoms with Crippen molar-refractivity contribution in [1.29, 1.82) is 0 Å². The lowest BCUT2D eigenvalue weighted by Gasteiger charge is -2.36. The molecule has 7 nitrogen and oxygen atoms in total. The fourth-order valence-corrected chi connectivity index (χ4v) is 2.99. The molecule has 1 fully saturated rings. The quantitative estimate of drug-likeness (QED) is 0.847. The van der Waals surface area contributed by atoms with E-state index in [2.05, 4.69) is 4.90 Å². The Kier molecular flexibility index (Phi) is 4.33. The average Bonchev–Trinajstić information content (AvgIpc) is 2.86. The van der Waals surface area contributed by atoms with Gasteiger partial charge < -0.3 is 19.1 Å². The lowest BCUT2D eigenvalue weighted by molar-refractivity contribution is 0.0743. The molecule has 2 heterocycles. The number of carbonyl (C=O) groups is 1. The van der Waals surface area contributed by atoms with Crippen molar-refractivity contribution in [2.24, 2.45) is 7.05 Å². The van der Waals surface area contributed by atoms with Gasteiger partial charge >= 0.3 is 5.63 Å². The number of nitrogens with zero attached hydrogens (tertiary/aromatic N) is 3. The summed E-state index contributed by atoms with van der Waals surface area (Å²) in [5, 5.41) is 0. The second kappa shape index (κ2) is 6.43. The molecule has 24 heavy (non-hydrogen) atoms. The summed E-state index contributed by atoms with van der Waals surface area (Å²) < 4.78 is 11.7. The Morgan fingerprint density at radius 2 is 1.83 bits per heavy atom. The molecule has 0 aliphatic carbocycles. The summed E-state index contributed by atoms with van der Waals surface area (Å²) in [6.45, 7) is 4.17. The lowest BCUT2D eigenvalue weighted by Crippen LogP contribution is -2.49. The number of ether oxygens (including phenoxy) is 1. The van der Waals surface area contributed by atoms with Crippen LogP contribution in [0.15, 0.2) is 33.6 Å². The Labute approximate surface area is 140 Å². The van der Waals surface area contributed by atoms with Crippen LogP contribution in [0, 0.1) is 6.92 Å². The van der Waals surface area contributed by atoms with Gasteiger partial charge in [0.1, 0.15) is 11.3 Å². The molecule has 1 aliphatic heterocycles. The van der Waals surface area contributed by atoms with Crippen molar-refractivity contribution in [3.05, 3.63) is 45.9 Å². The highest BCUT2D eigenvalue weighted by Crippen LogP contribution is 2.28. The van der Waals surface area contributed by atoms with Gasteiger partial charge in [-0.1, -0.05) is 12.1 Å². The van der Waals surface area contributed by atoms with Crippen LogP contribution in [0.2, 0.25) is 0 Å². The first-order chi connectivity index (χ1) is 11.5. The zero-order valence-electron chi connectivity index (χ0n) is 14.1. The number of aromatic nitrogens is 1. The minimum absolute atomic E-state index is 0.128. The van der Waals surface area contributed by atoms with Crippen LogP contribution in [-0.4, -0.2) is 48.8 Å². The van der Waals surface area contributed by atoms with E-state index in [-0.39, 0.29) is 11.5 Å². The van der Waals surface area contributed by atoms with Gasteiger partial charge in [0.2, 0.25) is 0 Å². The smallest absolute Gasteiger partial charge is 0.370 e. The molecule has 1 aromatic heterocycles. The molecule has 1 saturated heterocycles. The highest BCUT2D eigenvalue weighted by Gasteiger charge is 2.28.